The second kappa shape index (κ2) is 8.42. The number of carbonyl (C=O) groups excluding carboxylic acids is 1. The van der Waals surface area contributed by atoms with Crippen molar-refractivity contribution in [3.8, 4) is 0 Å². The zero-order chi connectivity index (χ0) is 23.0. The Balaban J connectivity index is 1.25. The van der Waals surface area contributed by atoms with Gasteiger partial charge in [0.2, 0.25) is 15.7 Å². The summed E-state index contributed by atoms with van der Waals surface area (Å²) in [6.07, 6.45) is 5.53. The summed E-state index contributed by atoms with van der Waals surface area (Å²) in [5, 5.41) is 9.02. The van der Waals surface area contributed by atoms with E-state index < -0.39 is 9.84 Å². The molecule has 2 aromatic carbocycles. The molecule has 7 nitrogen and oxygen atoms in total. The zero-order valence-electron chi connectivity index (χ0n) is 17.7. The molecular formula is C24H20N4O3S2. The Morgan fingerprint density at radius 1 is 1.00 bits per heavy atom. The van der Waals surface area contributed by atoms with Crippen LogP contribution >= 0.6 is 11.3 Å². The third-order valence-electron chi connectivity index (χ3n) is 5.46. The molecule has 5 aromatic rings. The highest BCUT2D eigenvalue weighted by Gasteiger charge is 2.19. The van der Waals surface area contributed by atoms with Gasteiger partial charge in [0.25, 0.3) is 0 Å². The van der Waals surface area contributed by atoms with Crippen LogP contribution in [-0.4, -0.2) is 29.1 Å². The summed E-state index contributed by atoms with van der Waals surface area (Å²) in [7, 11) is -1.88. The molecule has 166 valence electrons. The number of hydrogen-bond donors (Lipinski definition) is 1. The Labute approximate surface area is 194 Å². The number of benzene rings is 2. The normalized spacial score (nSPS) is 11.8. The number of nitrogens with zero attached hydrogens (tertiary/aromatic N) is 3. The van der Waals surface area contributed by atoms with Crippen LogP contribution in [0.15, 0.2) is 83.0 Å². The number of rotatable bonds is 6. The Kier molecular flexibility index (Phi) is 5.43. The molecule has 5 rings (SSSR count). The number of fused-ring (bicyclic) bond motifs is 2. The number of amides is 1. The van der Waals surface area contributed by atoms with Crippen molar-refractivity contribution < 1.29 is 13.2 Å². The van der Waals surface area contributed by atoms with E-state index in [1.54, 1.807) is 84.1 Å². The molecule has 0 aliphatic rings. The maximum Gasteiger partial charge on any atom is 0.225 e. The number of nitrogens with one attached hydrogen (secondary N) is 1. The first-order valence-corrected chi connectivity index (χ1v) is 12.5. The molecule has 3 heterocycles. The summed E-state index contributed by atoms with van der Waals surface area (Å²) in [6, 6.07) is 15.5. The van der Waals surface area contributed by atoms with Crippen LogP contribution in [-0.2, 0) is 34.6 Å². The highest BCUT2D eigenvalue weighted by molar-refractivity contribution is 7.91. The summed E-state index contributed by atoms with van der Waals surface area (Å²) < 4.78 is 28.8. The van der Waals surface area contributed by atoms with Crippen molar-refractivity contribution in [1.82, 2.24) is 20.1 Å². The third kappa shape index (κ3) is 4.24. The molecule has 1 N–H and O–H groups in total. The summed E-state index contributed by atoms with van der Waals surface area (Å²) in [6.45, 7) is 0.326. The standard InChI is InChI=1S/C24H20N4O3S2/c1-28-22-12-21(7-4-18(22)14-27-28)33(30,31)20-5-2-16(3-6-20)13-26-24(29)11-19-10-17-8-9-25-15-23(17)32-19/h2-10,12,14-15H,11,13H2,1H3,(H,26,29). The Morgan fingerprint density at radius 3 is 2.58 bits per heavy atom. The summed E-state index contributed by atoms with van der Waals surface area (Å²) in [5.41, 5.74) is 1.58. The van der Waals surface area contributed by atoms with E-state index in [0.717, 1.165) is 31.4 Å². The number of aryl methyl sites for hydroxylation is 1. The van der Waals surface area contributed by atoms with Crippen LogP contribution in [0.25, 0.3) is 21.0 Å². The highest BCUT2D eigenvalue weighted by atomic mass is 32.2. The van der Waals surface area contributed by atoms with E-state index in [9.17, 15) is 13.2 Å². The van der Waals surface area contributed by atoms with Gasteiger partial charge >= 0.3 is 0 Å². The van der Waals surface area contributed by atoms with Crippen molar-refractivity contribution in [2.75, 3.05) is 0 Å². The second-order valence-corrected chi connectivity index (χ2v) is 10.8. The molecule has 0 saturated carbocycles. The lowest BCUT2D eigenvalue weighted by Crippen LogP contribution is -2.24. The topological polar surface area (TPSA) is 94.0 Å². The number of thiophene rings is 1. The fourth-order valence-corrected chi connectivity index (χ4v) is 5.97. The van der Waals surface area contributed by atoms with Gasteiger partial charge in [-0.3, -0.25) is 14.5 Å². The SMILES string of the molecule is Cn1ncc2ccc(S(=O)(=O)c3ccc(CNC(=O)Cc4cc5ccncc5s4)cc3)cc21. The van der Waals surface area contributed by atoms with Crippen molar-refractivity contribution in [1.29, 1.82) is 0 Å². The Hall–Kier alpha value is -3.56. The molecule has 9 heteroatoms. The number of aromatic nitrogens is 3. The molecule has 0 unspecified atom stereocenters. The van der Waals surface area contributed by atoms with E-state index in [0.29, 0.717) is 13.0 Å². The van der Waals surface area contributed by atoms with E-state index in [1.165, 1.54) is 0 Å². The molecule has 1 amide bonds. The van der Waals surface area contributed by atoms with Crippen molar-refractivity contribution >= 4 is 48.1 Å². The molecule has 0 aliphatic heterocycles. The second-order valence-electron chi connectivity index (χ2n) is 7.72. The van der Waals surface area contributed by atoms with E-state index in [1.807, 2.05) is 12.1 Å². The van der Waals surface area contributed by atoms with Gasteiger partial charge in [0, 0.05) is 36.2 Å². The lowest BCUT2D eigenvalue weighted by Gasteiger charge is -2.08. The smallest absolute Gasteiger partial charge is 0.225 e. The van der Waals surface area contributed by atoms with E-state index in [-0.39, 0.29) is 15.7 Å². The zero-order valence-corrected chi connectivity index (χ0v) is 19.4. The van der Waals surface area contributed by atoms with Gasteiger partial charge in [0.15, 0.2) is 0 Å². The Bertz CT molecular complexity index is 1550. The fourth-order valence-electron chi connectivity index (χ4n) is 3.66. The maximum absolute atomic E-state index is 13.1. The Morgan fingerprint density at radius 2 is 1.79 bits per heavy atom. The van der Waals surface area contributed by atoms with Gasteiger partial charge < -0.3 is 5.32 Å². The monoisotopic (exact) mass is 476 g/mol. The van der Waals surface area contributed by atoms with Gasteiger partial charge in [0.1, 0.15) is 0 Å². The molecule has 0 radical (unpaired) electrons. The van der Waals surface area contributed by atoms with Gasteiger partial charge in [-0.05, 0) is 53.4 Å². The number of sulfone groups is 1. The molecule has 0 aliphatic carbocycles. The minimum atomic E-state index is -3.66. The number of pyridine rings is 1. The molecule has 3 aromatic heterocycles. The van der Waals surface area contributed by atoms with Crippen molar-refractivity contribution in [3.63, 3.8) is 0 Å². The first kappa shape index (κ1) is 21.3. The van der Waals surface area contributed by atoms with Crippen LogP contribution in [0.4, 0.5) is 0 Å². The molecule has 33 heavy (non-hydrogen) atoms. The van der Waals surface area contributed by atoms with Crippen LogP contribution in [0, 0.1) is 0 Å². The summed E-state index contributed by atoms with van der Waals surface area (Å²) in [4.78, 5) is 17.9. The molecule has 0 saturated heterocycles. The lowest BCUT2D eigenvalue weighted by molar-refractivity contribution is -0.120. The van der Waals surface area contributed by atoms with Crippen LogP contribution in [0.5, 0.6) is 0 Å². The predicted molar refractivity (Wildman–Crippen MR) is 128 cm³/mol. The van der Waals surface area contributed by atoms with Gasteiger partial charge in [-0.15, -0.1) is 11.3 Å². The van der Waals surface area contributed by atoms with E-state index in [4.69, 9.17) is 0 Å². The van der Waals surface area contributed by atoms with Crippen molar-refractivity contribution in [2.24, 2.45) is 7.05 Å². The van der Waals surface area contributed by atoms with E-state index in [2.05, 4.69) is 15.4 Å². The molecule has 0 spiro atoms. The van der Waals surface area contributed by atoms with Gasteiger partial charge in [-0.2, -0.15) is 5.10 Å². The van der Waals surface area contributed by atoms with Crippen LogP contribution in [0.1, 0.15) is 10.4 Å². The first-order chi connectivity index (χ1) is 15.9. The van der Waals surface area contributed by atoms with Crippen LogP contribution < -0.4 is 5.32 Å². The molecule has 0 fully saturated rings. The minimum absolute atomic E-state index is 0.0873. The fraction of sp³-hybridized carbons (Fsp3) is 0.125. The quantitative estimate of drug-likeness (QED) is 0.401. The molecule has 0 atom stereocenters. The largest absolute Gasteiger partial charge is 0.352 e. The van der Waals surface area contributed by atoms with Crippen molar-refractivity contribution in [2.45, 2.75) is 22.8 Å². The third-order valence-corrected chi connectivity index (χ3v) is 8.32. The maximum atomic E-state index is 13.1. The minimum Gasteiger partial charge on any atom is -0.352 e. The summed E-state index contributed by atoms with van der Waals surface area (Å²) in [5.74, 6) is -0.0873. The predicted octanol–water partition coefficient (Wildman–Crippen LogP) is 3.87. The average Bonchev–Trinajstić information content (AvgIpc) is 3.40. The first-order valence-electron chi connectivity index (χ1n) is 10.2. The molecule has 0 bridgehead atoms. The van der Waals surface area contributed by atoms with Gasteiger partial charge in [0.05, 0.1) is 32.6 Å². The number of carbonyl (C=O) groups is 1. The van der Waals surface area contributed by atoms with Crippen molar-refractivity contribution in [3.05, 3.63) is 83.6 Å². The average molecular weight is 477 g/mol. The number of hydrogen-bond acceptors (Lipinski definition) is 6. The van der Waals surface area contributed by atoms with Crippen LogP contribution in [0.3, 0.4) is 0 Å². The highest BCUT2D eigenvalue weighted by Crippen LogP contribution is 2.26. The summed E-state index contributed by atoms with van der Waals surface area (Å²) >= 11 is 1.56. The van der Waals surface area contributed by atoms with Gasteiger partial charge in [-0.25, -0.2) is 8.42 Å². The van der Waals surface area contributed by atoms with E-state index >= 15 is 0 Å². The lowest BCUT2D eigenvalue weighted by atomic mass is 10.2. The van der Waals surface area contributed by atoms with Gasteiger partial charge in [-0.1, -0.05) is 12.1 Å². The molecular weight excluding hydrogens is 456 g/mol. The van der Waals surface area contributed by atoms with Crippen LogP contribution in [0.2, 0.25) is 0 Å².